The molecule has 0 saturated carbocycles. The Morgan fingerprint density at radius 2 is 1.66 bits per heavy atom. The molecule has 0 aliphatic carbocycles. The molecule has 2 aromatic rings. The number of esters is 1. The predicted octanol–water partition coefficient (Wildman–Crippen LogP) is 1.69. The highest BCUT2D eigenvalue weighted by Gasteiger charge is 2.20. The number of hydrogen-bond acceptors (Lipinski definition) is 9. The molecule has 0 bridgehead atoms. The number of fused-ring (bicyclic) bond motifs is 1. The molecule has 1 heterocycles. The Balaban J connectivity index is 1.58. The second-order valence-electron chi connectivity index (χ2n) is 6.33. The molecule has 1 aliphatic heterocycles. The van der Waals surface area contributed by atoms with Gasteiger partial charge in [-0.2, -0.15) is 0 Å². The van der Waals surface area contributed by atoms with Gasteiger partial charge in [0.05, 0.1) is 17.1 Å². The van der Waals surface area contributed by atoms with Crippen molar-refractivity contribution in [2.75, 3.05) is 31.1 Å². The molecule has 0 radical (unpaired) electrons. The number of hydrogen-bond donors (Lipinski definition) is 2. The Hall–Kier alpha value is -3.80. The van der Waals surface area contributed by atoms with Crippen LogP contribution in [0.5, 0.6) is 11.5 Å². The minimum absolute atomic E-state index is 0.0159. The number of benzene rings is 2. The highest BCUT2D eigenvalue weighted by Crippen LogP contribution is 2.32. The minimum Gasteiger partial charge on any atom is -0.486 e. The van der Waals surface area contributed by atoms with Crippen LogP contribution in [0, 0.1) is 0 Å². The SMILES string of the molecule is CCOC(=O)NC(=O)COC(=O)c1ccc(NS(=O)(=O)c2ccc3c(c2)OCCO3)cc1. The summed E-state index contributed by atoms with van der Waals surface area (Å²) in [5.41, 5.74) is 0.285. The predicted molar refractivity (Wildman–Crippen MR) is 110 cm³/mol. The summed E-state index contributed by atoms with van der Waals surface area (Å²) in [4.78, 5) is 34.7. The summed E-state index contributed by atoms with van der Waals surface area (Å²) < 4.78 is 47.8. The Labute approximate surface area is 183 Å². The molecule has 2 amide bonds. The van der Waals surface area contributed by atoms with Gasteiger partial charge in [0, 0.05) is 11.8 Å². The summed E-state index contributed by atoms with van der Waals surface area (Å²) in [6, 6.07) is 9.66. The van der Waals surface area contributed by atoms with Crippen molar-refractivity contribution >= 4 is 33.7 Å². The third kappa shape index (κ3) is 5.88. The van der Waals surface area contributed by atoms with E-state index in [9.17, 15) is 22.8 Å². The van der Waals surface area contributed by atoms with Crippen molar-refractivity contribution in [3.8, 4) is 11.5 Å². The number of nitrogens with one attached hydrogen (secondary N) is 2. The number of alkyl carbamates (subject to hydrolysis) is 1. The molecule has 0 unspecified atom stereocenters. The van der Waals surface area contributed by atoms with Gasteiger partial charge in [-0.25, -0.2) is 18.0 Å². The minimum atomic E-state index is -3.92. The summed E-state index contributed by atoms with van der Waals surface area (Å²) in [7, 11) is -3.92. The molecule has 170 valence electrons. The number of imide groups is 1. The topological polar surface area (TPSA) is 146 Å². The largest absolute Gasteiger partial charge is 0.486 e. The van der Waals surface area contributed by atoms with Gasteiger partial charge in [-0.1, -0.05) is 0 Å². The summed E-state index contributed by atoms with van der Waals surface area (Å²) >= 11 is 0. The molecular weight excluding hydrogens is 444 g/mol. The van der Waals surface area contributed by atoms with Crippen molar-refractivity contribution in [3.05, 3.63) is 48.0 Å². The second-order valence-corrected chi connectivity index (χ2v) is 8.02. The van der Waals surface area contributed by atoms with Crippen LogP contribution < -0.4 is 19.5 Å². The van der Waals surface area contributed by atoms with Crippen molar-refractivity contribution in [2.45, 2.75) is 11.8 Å². The first-order valence-corrected chi connectivity index (χ1v) is 10.9. The van der Waals surface area contributed by atoms with Gasteiger partial charge in [0.2, 0.25) is 0 Å². The Bertz CT molecular complexity index is 1110. The Kier molecular flexibility index (Phi) is 7.15. The van der Waals surface area contributed by atoms with Gasteiger partial charge < -0.3 is 18.9 Å². The average Bonchev–Trinajstić information content (AvgIpc) is 2.77. The van der Waals surface area contributed by atoms with Crippen LogP contribution in [0.1, 0.15) is 17.3 Å². The zero-order valence-electron chi connectivity index (χ0n) is 17.0. The van der Waals surface area contributed by atoms with E-state index >= 15 is 0 Å². The lowest BCUT2D eigenvalue weighted by Gasteiger charge is -2.19. The van der Waals surface area contributed by atoms with Gasteiger partial charge in [-0.05, 0) is 43.3 Å². The van der Waals surface area contributed by atoms with Crippen LogP contribution in [0.2, 0.25) is 0 Å². The summed E-state index contributed by atoms with van der Waals surface area (Å²) in [5.74, 6) is -0.871. The van der Waals surface area contributed by atoms with Crippen LogP contribution in [0.3, 0.4) is 0 Å². The molecule has 3 rings (SSSR count). The first kappa shape index (κ1) is 22.9. The van der Waals surface area contributed by atoms with E-state index in [4.69, 9.17) is 14.2 Å². The lowest BCUT2D eigenvalue weighted by Crippen LogP contribution is -2.34. The number of carbonyl (C=O) groups is 3. The monoisotopic (exact) mass is 464 g/mol. The van der Waals surface area contributed by atoms with E-state index in [0.29, 0.717) is 24.7 Å². The van der Waals surface area contributed by atoms with Crippen molar-refractivity contribution in [3.63, 3.8) is 0 Å². The number of sulfonamides is 1. The fourth-order valence-corrected chi connectivity index (χ4v) is 3.68. The molecule has 1 aliphatic rings. The van der Waals surface area contributed by atoms with Crippen LogP contribution in [-0.2, 0) is 24.3 Å². The van der Waals surface area contributed by atoms with Crippen LogP contribution in [-0.4, -0.2) is 52.8 Å². The Morgan fingerprint density at radius 1 is 0.969 bits per heavy atom. The highest BCUT2D eigenvalue weighted by molar-refractivity contribution is 7.92. The summed E-state index contributed by atoms with van der Waals surface area (Å²) in [6.07, 6.45) is -0.941. The summed E-state index contributed by atoms with van der Waals surface area (Å²) in [5, 5.41) is 1.89. The van der Waals surface area contributed by atoms with E-state index in [-0.39, 0.29) is 22.8 Å². The summed E-state index contributed by atoms with van der Waals surface area (Å²) in [6.45, 7) is 1.69. The van der Waals surface area contributed by atoms with Crippen molar-refractivity contribution in [1.82, 2.24) is 5.32 Å². The first-order valence-electron chi connectivity index (χ1n) is 9.45. The molecular formula is C20H20N2O9S. The molecule has 0 saturated heterocycles. The maximum atomic E-state index is 12.6. The number of amides is 2. The fourth-order valence-electron chi connectivity index (χ4n) is 2.61. The molecule has 0 atom stereocenters. The number of rotatable bonds is 7. The van der Waals surface area contributed by atoms with Crippen LogP contribution in [0.25, 0.3) is 0 Å². The zero-order chi connectivity index (χ0) is 23.1. The third-order valence-corrected chi connectivity index (χ3v) is 5.43. The molecule has 12 heteroatoms. The van der Waals surface area contributed by atoms with E-state index in [1.165, 1.54) is 42.5 Å². The lowest BCUT2D eigenvalue weighted by molar-refractivity contribution is -0.123. The van der Waals surface area contributed by atoms with Gasteiger partial charge >= 0.3 is 12.1 Å². The number of ether oxygens (including phenoxy) is 4. The van der Waals surface area contributed by atoms with E-state index in [1.807, 2.05) is 5.32 Å². The Morgan fingerprint density at radius 3 is 2.34 bits per heavy atom. The van der Waals surface area contributed by atoms with Gasteiger partial charge in [-0.15, -0.1) is 0 Å². The van der Waals surface area contributed by atoms with Crippen LogP contribution in [0.4, 0.5) is 10.5 Å². The smallest absolute Gasteiger partial charge is 0.413 e. The van der Waals surface area contributed by atoms with E-state index in [1.54, 1.807) is 6.92 Å². The van der Waals surface area contributed by atoms with Gasteiger partial charge in [0.1, 0.15) is 13.2 Å². The normalized spacial score (nSPS) is 12.4. The number of anilines is 1. The maximum absolute atomic E-state index is 12.6. The third-order valence-electron chi connectivity index (χ3n) is 4.05. The molecule has 0 aromatic heterocycles. The van der Waals surface area contributed by atoms with Gasteiger partial charge in [-0.3, -0.25) is 14.8 Å². The van der Waals surface area contributed by atoms with E-state index < -0.39 is 34.6 Å². The first-order chi connectivity index (χ1) is 15.3. The molecule has 32 heavy (non-hydrogen) atoms. The van der Waals surface area contributed by atoms with E-state index in [0.717, 1.165) is 0 Å². The quantitative estimate of drug-likeness (QED) is 0.584. The zero-order valence-corrected chi connectivity index (χ0v) is 17.8. The molecule has 2 aromatic carbocycles. The standard InChI is InChI=1S/C20H20N2O9S/c1-2-28-20(25)21-18(23)12-31-19(24)13-3-5-14(6-4-13)22-32(26,27)15-7-8-16-17(11-15)30-10-9-29-16/h3-8,11,22H,2,9-10,12H2,1H3,(H,21,23,25). The highest BCUT2D eigenvalue weighted by atomic mass is 32.2. The average molecular weight is 464 g/mol. The van der Waals surface area contributed by atoms with Crippen molar-refractivity contribution < 1.29 is 41.7 Å². The molecule has 11 nitrogen and oxygen atoms in total. The van der Waals surface area contributed by atoms with E-state index in [2.05, 4.69) is 9.46 Å². The van der Waals surface area contributed by atoms with Crippen LogP contribution >= 0.6 is 0 Å². The van der Waals surface area contributed by atoms with Crippen molar-refractivity contribution in [1.29, 1.82) is 0 Å². The second kappa shape index (κ2) is 10.0. The lowest BCUT2D eigenvalue weighted by atomic mass is 10.2. The maximum Gasteiger partial charge on any atom is 0.413 e. The fraction of sp³-hybridized carbons (Fsp3) is 0.250. The van der Waals surface area contributed by atoms with Crippen LogP contribution in [0.15, 0.2) is 47.4 Å². The molecule has 0 spiro atoms. The van der Waals surface area contributed by atoms with Gasteiger partial charge in [0.25, 0.3) is 15.9 Å². The number of carbonyl (C=O) groups excluding carboxylic acids is 3. The van der Waals surface area contributed by atoms with Gasteiger partial charge in [0.15, 0.2) is 18.1 Å². The van der Waals surface area contributed by atoms with Crippen molar-refractivity contribution in [2.24, 2.45) is 0 Å². The molecule has 0 fully saturated rings. The molecule has 2 N–H and O–H groups in total.